The molecule has 1 heterocycles. The van der Waals surface area contributed by atoms with Crippen molar-refractivity contribution in [3.05, 3.63) is 93.9 Å². The summed E-state index contributed by atoms with van der Waals surface area (Å²) in [5.41, 5.74) is 5.19. The van der Waals surface area contributed by atoms with E-state index in [4.69, 9.17) is 14.5 Å². The molecule has 4 rings (SSSR count). The number of hydrogen-bond acceptors (Lipinski definition) is 5. The maximum absolute atomic E-state index is 13.4. The van der Waals surface area contributed by atoms with Crippen molar-refractivity contribution in [2.45, 2.75) is 53.7 Å². The molecular formula is C31H34N2O3S. The van der Waals surface area contributed by atoms with Crippen LogP contribution < -0.4 is 9.47 Å². The molecule has 0 N–H and O–H groups in total. The van der Waals surface area contributed by atoms with E-state index < -0.39 is 0 Å². The lowest BCUT2D eigenvalue weighted by molar-refractivity contribution is -0.123. The molecule has 0 aromatic heterocycles. The van der Waals surface area contributed by atoms with Gasteiger partial charge >= 0.3 is 0 Å². The van der Waals surface area contributed by atoms with Crippen LogP contribution in [0.25, 0.3) is 6.08 Å². The largest absolute Gasteiger partial charge is 0.490 e. The molecule has 3 aromatic carbocycles. The topological polar surface area (TPSA) is 51.1 Å². The summed E-state index contributed by atoms with van der Waals surface area (Å²) in [6.45, 7) is 11.2. The number of carbonyl (C=O) groups excluding carboxylic acids is 1. The van der Waals surface area contributed by atoms with E-state index in [0.29, 0.717) is 34.8 Å². The van der Waals surface area contributed by atoms with Crippen LogP contribution in [0.4, 0.5) is 5.69 Å². The van der Waals surface area contributed by atoms with E-state index in [2.05, 4.69) is 32.9 Å². The van der Waals surface area contributed by atoms with E-state index >= 15 is 0 Å². The van der Waals surface area contributed by atoms with Crippen LogP contribution in [0.15, 0.2) is 76.6 Å². The van der Waals surface area contributed by atoms with Crippen molar-refractivity contribution >= 4 is 34.6 Å². The summed E-state index contributed by atoms with van der Waals surface area (Å²) in [7, 11) is 0. The van der Waals surface area contributed by atoms with Gasteiger partial charge in [0.05, 0.1) is 17.2 Å². The minimum Gasteiger partial charge on any atom is -0.490 e. The first-order valence-corrected chi connectivity index (χ1v) is 13.5. The van der Waals surface area contributed by atoms with Crippen molar-refractivity contribution < 1.29 is 14.3 Å². The van der Waals surface area contributed by atoms with Crippen LogP contribution in [0.1, 0.15) is 49.4 Å². The van der Waals surface area contributed by atoms with Gasteiger partial charge in [-0.1, -0.05) is 60.5 Å². The number of ether oxygens (including phenoxy) is 2. The standard InChI is InChI=1S/C31H34N2O3S/c1-6-23(5)33-30(34)29(37-31(33)32-26-14-11-21(3)12-15-26)19-24-13-16-27(28(18-24)35-7-2)36-20-25-10-8-9-22(4)17-25/h8-19,23H,6-7,20H2,1-5H3/b29-19+,32-31?/t23-/m0/s1. The second-order valence-electron chi connectivity index (χ2n) is 9.19. The van der Waals surface area contributed by atoms with Crippen molar-refractivity contribution in [2.24, 2.45) is 4.99 Å². The van der Waals surface area contributed by atoms with Gasteiger partial charge in [-0.2, -0.15) is 0 Å². The Morgan fingerprint density at radius 3 is 2.43 bits per heavy atom. The molecule has 192 valence electrons. The highest BCUT2D eigenvalue weighted by atomic mass is 32.2. The molecule has 1 saturated heterocycles. The van der Waals surface area contributed by atoms with Crippen LogP contribution in [0.2, 0.25) is 0 Å². The zero-order chi connectivity index (χ0) is 26.4. The second kappa shape index (κ2) is 12.2. The molecule has 0 saturated carbocycles. The van der Waals surface area contributed by atoms with Gasteiger partial charge in [0.15, 0.2) is 16.7 Å². The molecule has 3 aromatic rings. The molecular weight excluding hydrogens is 480 g/mol. The van der Waals surface area contributed by atoms with Gasteiger partial charge in [0, 0.05) is 6.04 Å². The maximum Gasteiger partial charge on any atom is 0.266 e. The zero-order valence-corrected chi connectivity index (χ0v) is 23.0. The number of amides is 1. The lowest BCUT2D eigenvalue weighted by Crippen LogP contribution is -2.36. The Bertz CT molecular complexity index is 1310. The summed E-state index contributed by atoms with van der Waals surface area (Å²) in [6.07, 6.45) is 2.75. The van der Waals surface area contributed by atoms with E-state index in [1.165, 1.54) is 22.9 Å². The smallest absolute Gasteiger partial charge is 0.266 e. The van der Waals surface area contributed by atoms with Gasteiger partial charge < -0.3 is 9.47 Å². The number of carbonyl (C=O) groups is 1. The Hall–Kier alpha value is -3.51. The Labute approximate surface area is 224 Å². The fourth-order valence-electron chi connectivity index (χ4n) is 3.98. The fourth-order valence-corrected chi connectivity index (χ4v) is 5.07. The predicted octanol–water partition coefficient (Wildman–Crippen LogP) is 7.68. The van der Waals surface area contributed by atoms with Gasteiger partial charge in [0.1, 0.15) is 6.61 Å². The normalized spacial score (nSPS) is 16.5. The Morgan fingerprint density at radius 2 is 1.73 bits per heavy atom. The van der Waals surface area contributed by atoms with E-state index in [1.54, 1.807) is 4.90 Å². The van der Waals surface area contributed by atoms with Gasteiger partial charge in [-0.05, 0) is 87.3 Å². The van der Waals surface area contributed by atoms with Crippen molar-refractivity contribution in [3.8, 4) is 11.5 Å². The number of nitrogens with zero attached hydrogens (tertiary/aromatic N) is 2. The number of aryl methyl sites for hydroxylation is 2. The first kappa shape index (κ1) is 26.6. The number of aliphatic imine (C=N–C) groups is 1. The number of rotatable bonds is 9. The van der Waals surface area contributed by atoms with Gasteiger partial charge in [0.25, 0.3) is 5.91 Å². The number of thioether (sulfide) groups is 1. The molecule has 1 aliphatic rings. The van der Waals surface area contributed by atoms with Gasteiger partial charge in [-0.15, -0.1) is 0 Å². The van der Waals surface area contributed by atoms with Crippen LogP contribution in [-0.2, 0) is 11.4 Å². The fraction of sp³-hybridized carbons (Fsp3) is 0.290. The minimum atomic E-state index is -0.0251. The van der Waals surface area contributed by atoms with Crippen molar-refractivity contribution in [3.63, 3.8) is 0 Å². The Balaban J connectivity index is 1.60. The Kier molecular flexibility index (Phi) is 8.72. The molecule has 1 fully saturated rings. The zero-order valence-electron chi connectivity index (χ0n) is 22.2. The third kappa shape index (κ3) is 6.63. The summed E-state index contributed by atoms with van der Waals surface area (Å²) >= 11 is 1.41. The third-order valence-electron chi connectivity index (χ3n) is 6.17. The monoisotopic (exact) mass is 514 g/mol. The van der Waals surface area contributed by atoms with Crippen LogP contribution in [0, 0.1) is 13.8 Å². The molecule has 0 radical (unpaired) electrons. The highest BCUT2D eigenvalue weighted by Gasteiger charge is 2.36. The van der Waals surface area contributed by atoms with E-state index in [9.17, 15) is 4.79 Å². The molecule has 0 unspecified atom stereocenters. The van der Waals surface area contributed by atoms with Gasteiger partial charge in [0.2, 0.25) is 0 Å². The van der Waals surface area contributed by atoms with Crippen molar-refractivity contribution in [1.29, 1.82) is 0 Å². The van der Waals surface area contributed by atoms with E-state index in [1.807, 2.05) is 74.5 Å². The van der Waals surface area contributed by atoms with Crippen LogP contribution in [-0.4, -0.2) is 28.6 Å². The van der Waals surface area contributed by atoms with Crippen LogP contribution >= 0.6 is 11.8 Å². The van der Waals surface area contributed by atoms with Gasteiger partial charge in [-0.25, -0.2) is 4.99 Å². The van der Waals surface area contributed by atoms with Gasteiger partial charge in [-0.3, -0.25) is 9.69 Å². The first-order chi connectivity index (χ1) is 17.9. The molecule has 1 atom stereocenters. The summed E-state index contributed by atoms with van der Waals surface area (Å²) in [6, 6.07) is 22.1. The summed E-state index contributed by atoms with van der Waals surface area (Å²) in [5, 5.41) is 0.706. The summed E-state index contributed by atoms with van der Waals surface area (Å²) < 4.78 is 12.0. The lowest BCUT2D eigenvalue weighted by Gasteiger charge is -2.22. The van der Waals surface area contributed by atoms with Crippen LogP contribution in [0.5, 0.6) is 11.5 Å². The van der Waals surface area contributed by atoms with E-state index in [-0.39, 0.29) is 11.9 Å². The highest BCUT2D eigenvalue weighted by Crippen LogP contribution is 2.37. The minimum absolute atomic E-state index is 0.0251. The molecule has 37 heavy (non-hydrogen) atoms. The SMILES string of the molecule is CCOc1cc(/C=C2/SC(=Nc3ccc(C)cc3)N([C@@H](C)CC)C2=O)ccc1OCc1cccc(C)c1. The van der Waals surface area contributed by atoms with Crippen LogP contribution in [0.3, 0.4) is 0 Å². The van der Waals surface area contributed by atoms with E-state index in [0.717, 1.165) is 23.2 Å². The summed E-state index contributed by atoms with van der Waals surface area (Å²) in [5.74, 6) is 1.31. The van der Waals surface area contributed by atoms with Crippen molar-refractivity contribution in [1.82, 2.24) is 4.90 Å². The number of benzene rings is 3. The molecule has 0 spiro atoms. The lowest BCUT2D eigenvalue weighted by atomic mass is 10.1. The quantitative estimate of drug-likeness (QED) is 0.275. The molecule has 6 heteroatoms. The van der Waals surface area contributed by atoms with Crippen molar-refractivity contribution in [2.75, 3.05) is 6.61 Å². The predicted molar refractivity (Wildman–Crippen MR) is 154 cm³/mol. The highest BCUT2D eigenvalue weighted by molar-refractivity contribution is 8.18. The average Bonchev–Trinajstić information content (AvgIpc) is 3.19. The molecule has 0 bridgehead atoms. The summed E-state index contributed by atoms with van der Waals surface area (Å²) in [4.78, 5) is 20.7. The average molecular weight is 515 g/mol. The molecule has 1 amide bonds. The molecule has 5 nitrogen and oxygen atoms in total. The third-order valence-corrected chi connectivity index (χ3v) is 7.15. The number of amidine groups is 1. The Morgan fingerprint density at radius 1 is 0.946 bits per heavy atom. The number of hydrogen-bond donors (Lipinski definition) is 0. The molecule has 0 aliphatic carbocycles. The second-order valence-corrected chi connectivity index (χ2v) is 10.2. The maximum atomic E-state index is 13.4. The first-order valence-electron chi connectivity index (χ1n) is 12.7. The molecule has 1 aliphatic heterocycles.